The summed E-state index contributed by atoms with van der Waals surface area (Å²) in [6.07, 6.45) is 3.59. The number of hydrogen-bond acceptors (Lipinski definition) is 4. The molecule has 2 rings (SSSR count). The zero-order valence-electron chi connectivity index (χ0n) is 10.4. The number of nitrogens with zero attached hydrogens (tertiary/aromatic N) is 1. The van der Waals surface area contributed by atoms with E-state index in [0.717, 1.165) is 25.7 Å². The Hall–Kier alpha value is -0.650. The number of amides is 1. The van der Waals surface area contributed by atoms with E-state index in [9.17, 15) is 4.79 Å². The maximum absolute atomic E-state index is 12.2. The standard InChI is InChI=1S/C12H22N2O3/c1-14(10-4-2-9(13)3-5-10)12(15)11-8-16-6-7-17-11/h9-11H,2-8,13H2,1H3. The van der Waals surface area contributed by atoms with Gasteiger partial charge >= 0.3 is 0 Å². The molecule has 1 heterocycles. The molecule has 1 aliphatic heterocycles. The molecule has 0 bridgehead atoms. The van der Waals surface area contributed by atoms with Crippen LogP contribution in [0.25, 0.3) is 0 Å². The molecule has 5 nitrogen and oxygen atoms in total. The van der Waals surface area contributed by atoms with Crippen molar-refractivity contribution in [2.24, 2.45) is 5.73 Å². The van der Waals surface area contributed by atoms with Gasteiger partial charge in [0.2, 0.25) is 0 Å². The van der Waals surface area contributed by atoms with Crippen molar-refractivity contribution in [2.45, 2.75) is 43.9 Å². The van der Waals surface area contributed by atoms with Gasteiger partial charge in [0.05, 0.1) is 19.8 Å². The van der Waals surface area contributed by atoms with Crippen molar-refractivity contribution in [3.05, 3.63) is 0 Å². The maximum Gasteiger partial charge on any atom is 0.254 e. The third-order valence-electron chi connectivity index (χ3n) is 3.73. The Morgan fingerprint density at radius 3 is 2.53 bits per heavy atom. The van der Waals surface area contributed by atoms with Gasteiger partial charge < -0.3 is 20.1 Å². The summed E-state index contributed by atoms with van der Waals surface area (Å²) in [6.45, 7) is 1.49. The number of carbonyl (C=O) groups is 1. The van der Waals surface area contributed by atoms with Crippen LogP contribution in [-0.2, 0) is 14.3 Å². The van der Waals surface area contributed by atoms with E-state index in [4.69, 9.17) is 15.2 Å². The van der Waals surface area contributed by atoms with Crippen LogP contribution in [-0.4, -0.2) is 55.9 Å². The Bertz CT molecular complexity index is 258. The summed E-state index contributed by atoms with van der Waals surface area (Å²) >= 11 is 0. The van der Waals surface area contributed by atoms with Crippen molar-refractivity contribution in [1.82, 2.24) is 4.90 Å². The normalized spacial score (nSPS) is 34.4. The van der Waals surface area contributed by atoms with Gasteiger partial charge in [-0.15, -0.1) is 0 Å². The highest BCUT2D eigenvalue weighted by atomic mass is 16.6. The number of rotatable bonds is 2. The fraction of sp³-hybridized carbons (Fsp3) is 0.917. The van der Waals surface area contributed by atoms with E-state index in [2.05, 4.69) is 0 Å². The molecule has 5 heteroatoms. The second-order valence-corrected chi connectivity index (χ2v) is 4.95. The van der Waals surface area contributed by atoms with Gasteiger partial charge in [-0.3, -0.25) is 4.79 Å². The molecule has 1 unspecified atom stereocenters. The first-order chi connectivity index (χ1) is 8.18. The number of carbonyl (C=O) groups excluding carboxylic acids is 1. The van der Waals surface area contributed by atoms with Gasteiger partial charge in [0, 0.05) is 19.1 Å². The summed E-state index contributed by atoms with van der Waals surface area (Å²) < 4.78 is 10.7. The molecule has 1 atom stereocenters. The van der Waals surface area contributed by atoms with Crippen LogP contribution in [0, 0.1) is 0 Å². The van der Waals surface area contributed by atoms with E-state index in [0.29, 0.717) is 31.9 Å². The predicted molar refractivity (Wildman–Crippen MR) is 63.6 cm³/mol. The molecule has 0 aromatic carbocycles. The minimum absolute atomic E-state index is 0.0465. The number of ether oxygens (including phenoxy) is 2. The van der Waals surface area contributed by atoms with Crippen LogP contribution in [0.3, 0.4) is 0 Å². The van der Waals surface area contributed by atoms with Crippen LogP contribution in [0.2, 0.25) is 0 Å². The van der Waals surface area contributed by atoms with Gasteiger partial charge in [-0.2, -0.15) is 0 Å². The van der Waals surface area contributed by atoms with Crippen molar-refractivity contribution in [3.63, 3.8) is 0 Å². The van der Waals surface area contributed by atoms with Crippen LogP contribution in [0.5, 0.6) is 0 Å². The third-order valence-corrected chi connectivity index (χ3v) is 3.73. The first-order valence-corrected chi connectivity index (χ1v) is 6.40. The Balaban J connectivity index is 1.85. The molecule has 2 fully saturated rings. The number of nitrogens with two attached hydrogens (primary N) is 1. The van der Waals surface area contributed by atoms with Gasteiger partial charge in [0.15, 0.2) is 6.10 Å². The van der Waals surface area contributed by atoms with Crippen LogP contribution >= 0.6 is 0 Å². The number of likely N-dealkylation sites (N-methyl/N-ethyl adjacent to an activating group) is 1. The van der Waals surface area contributed by atoms with Crippen molar-refractivity contribution in [3.8, 4) is 0 Å². The SMILES string of the molecule is CN(C(=O)C1COCCO1)C1CCC(N)CC1. The molecule has 0 aromatic rings. The molecule has 1 aliphatic carbocycles. The fourth-order valence-corrected chi connectivity index (χ4v) is 2.53. The predicted octanol–water partition coefficient (Wildman–Crippen LogP) is 0.130. The lowest BCUT2D eigenvalue weighted by atomic mass is 9.91. The molecule has 1 amide bonds. The van der Waals surface area contributed by atoms with Crippen molar-refractivity contribution < 1.29 is 14.3 Å². The van der Waals surface area contributed by atoms with Gasteiger partial charge in [-0.05, 0) is 25.7 Å². The molecule has 17 heavy (non-hydrogen) atoms. The summed E-state index contributed by atoms with van der Waals surface area (Å²) in [5.74, 6) is 0.0465. The highest BCUT2D eigenvalue weighted by Crippen LogP contribution is 2.22. The summed E-state index contributed by atoms with van der Waals surface area (Å²) in [7, 11) is 1.86. The largest absolute Gasteiger partial charge is 0.376 e. The van der Waals surface area contributed by atoms with E-state index in [-0.39, 0.29) is 5.91 Å². The summed E-state index contributed by atoms with van der Waals surface area (Å²) in [5.41, 5.74) is 5.87. The highest BCUT2D eigenvalue weighted by molar-refractivity contribution is 5.81. The van der Waals surface area contributed by atoms with E-state index < -0.39 is 6.10 Å². The molecule has 2 N–H and O–H groups in total. The monoisotopic (exact) mass is 242 g/mol. The first kappa shape index (κ1) is 12.8. The third kappa shape index (κ3) is 3.18. The van der Waals surface area contributed by atoms with E-state index in [1.807, 2.05) is 11.9 Å². The quantitative estimate of drug-likeness (QED) is 0.747. The molecule has 0 radical (unpaired) electrons. The van der Waals surface area contributed by atoms with Crippen molar-refractivity contribution in [2.75, 3.05) is 26.9 Å². The molecular weight excluding hydrogens is 220 g/mol. The Morgan fingerprint density at radius 2 is 1.94 bits per heavy atom. The Kier molecular flexibility index (Phi) is 4.36. The Morgan fingerprint density at radius 1 is 1.24 bits per heavy atom. The van der Waals surface area contributed by atoms with Crippen LogP contribution in [0.15, 0.2) is 0 Å². The van der Waals surface area contributed by atoms with Crippen LogP contribution in [0.1, 0.15) is 25.7 Å². The first-order valence-electron chi connectivity index (χ1n) is 6.40. The molecule has 1 saturated heterocycles. The highest BCUT2D eigenvalue weighted by Gasteiger charge is 2.31. The average Bonchev–Trinajstić information content (AvgIpc) is 2.39. The van der Waals surface area contributed by atoms with Gasteiger partial charge in [0.25, 0.3) is 5.91 Å². The van der Waals surface area contributed by atoms with Gasteiger partial charge in [0.1, 0.15) is 0 Å². The smallest absolute Gasteiger partial charge is 0.254 e. The number of hydrogen-bond donors (Lipinski definition) is 1. The molecule has 2 aliphatic rings. The lowest BCUT2D eigenvalue weighted by molar-refractivity contribution is -0.159. The second-order valence-electron chi connectivity index (χ2n) is 4.95. The average molecular weight is 242 g/mol. The lowest BCUT2D eigenvalue weighted by Crippen LogP contribution is -2.49. The molecular formula is C12H22N2O3. The summed E-state index contributed by atoms with van der Waals surface area (Å²) in [6, 6.07) is 0.622. The lowest BCUT2D eigenvalue weighted by Gasteiger charge is -2.36. The van der Waals surface area contributed by atoms with Gasteiger partial charge in [-0.1, -0.05) is 0 Å². The summed E-state index contributed by atoms with van der Waals surface area (Å²) in [5, 5.41) is 0. The minimum atomic E-state index is -0.413. The zero-order valence-corrected chi connectivity index (χ0v) is 10.4. The van der Waals surface area contributed by atoms with E-state index in [1.54, 1.807) is 0 Å². The maximum atomic E-state index is 12.2. The minimum Gasteiger partial charge on any atom is -0.376 e. The van der Waals surface area contributed by atoms with Crippen molar-refractivity contribution in [1.29, 1.82) is 0 Å². The molecule has 0 spiro atoms. The van der Waals surface area contributed by atoms with Crippen LogP contribution < -0.4 is 5.73 Å². The van der Waals surface area contributed by atoms with E-state index >= 15 is 0 Å². The molecule has 98 valence electrons. The Labute approximate surface area is 102 Å². The van der Waals surface area contributed by atoms with Crippen LogP contribution in [0.4, 0.5) is 0 Å². The van der Waals surface area contributed by atoms with Crippen molar-refractivity contribution >= 4 is 5.91 Å². The second kappa shape index (κ2) is 5.80. The zero-order chi connectivity index (χ0) is 12.3. The van der Waals surface area contributed by atoms with E-state index in [1.165, 1.54) is 0 Å². The fourth-order valence-electron chi connectivity index (χ4n) is 2.53. The topological polar surface area (TPSA) is 64.8 Å². The molecule has 0 aromatic heterocycles. The van der Waals surface area contributed by atoms with Gasteiger partial charge in [-0.25, -0.2) is 0 Å². The summed E-state index contributed by atoms with van der Waals surface area (Å²) in [4.78, 5) is 14.0. The molecule has 1 saturated carbocycles.